The van der Waals surface area contributed by atoms with Gasteiger partial charge in [0.15, 0.2) is 0 Å². The summed E-state index contributed by atoms with van der Waals surface area (Å²) in [4.78, 5) is 5.09. The highest BCUT2D eigenvalue weighted by Crippen LogP contribution is 2.15. The summed E-state index contributed by atoms with van der Waals surface area (Å²) in [6.07, 6.45) is 1.79. The van der Waals surface area contributed by atoms with Gasteiger partial charge in [0.05, 0.1) is 11.5 Å². The molecule has 0 fully saturated rings. The first kappa shape index (κ1) is 7.86. The van der Waals surface area contributed by atoms with Crippen molar-refractivity contribution in [2.75, 3.05) is 7.11 Å². The Labute approximate surface area is 75.8 Å². The van der Waals surface area contributed by atoms with E-state index in [4.69, 9.17) is 4.84 Å². The Morgan fingerprint density at radius 2 is 2.15 bits per heavy atom. The zero-order chi connectivity index (χ0) is 9.26. The number of hydrogen-bond donors (Lipinski definition) is 1. The van der Waals surface area contributed by atoms with E-state index in [1.54, 1.807) is 30.2 Å². The molecule has 0 unspecified atom stereocenters. The Hall–Kier alpha value is -1.77. The zero-order valence-electron chi connectivity index (χ0n) is 7.27. The van der Waals surface area contributed by atoms with E-state index in [1.807, 2.05) is 18.2 Å². The molecule has 13 heavy (non-hydrogen) atoms. The molecule has 0 amide bonds. The molecule has 0 saturated carbocycles. The van der Waals surface area contributed by atoms with Crippen LogP contribution in [0, 0.1) is 0 Å². The second-order valence-corrected chi connectivity index (χ2v) is 2.76. The lowest BCUT2D eigenvalue weighted by Crippen LogP contribution is -2.40. The highest BCUT2D eigenvalue weighted by Gasteiger charge is 2.08. The monoisotopic (exact) mass is 176 g/mol. The second kappa shape index (κ2) is 2.94. The van der Waals surface area contributed by atoms with Gasteiger partial charge in [0.1, 0.15) is 12.9 Å². The highest BCUT2D eigenvalue weighted by molar-refractivity contribution is 5.76. The molecule has 0 radical (unpaired) electrons. The highest BCUT2D eigenvalue weighted by atomic mass is 16.6. The molecule has 1 N–H and O–H groups in total. The fourth-order valence-electron chi connectivity index (χ4n) is 1.33. The van der Waals surface area contributed by atoms with Crippen LogP contribution in [0.1, 0.15) is 0 Å². The maximum atomic E-state index is 9.28. The summed E-state index contributed by atoms with van der Waals surface area (Å²) in [5, 5.41) is 10.3. The molecule has 0 saturated heterocycles. The molecule has 66 valence electrons. The van der Waals surface area contributed by atoms with E-state index in [-0.39, 0.29) is 5.75 Å². The van der Waals surface area contributed by atoms with Crippen molar-refractivity contribution in [3.8, 4) is 5.75 Å². The first-order valence-electron chi connectivity index (χ1n) is 3.99. The molecule has 1 aromatic heterocycles. The van der Waals surface area contributed by atoms with Crippen molar-refractivity contribution in [2.45, 2.75) is 0 Å². The smallest absolute Gasteiger partial charge is 0.268 e. The minimum Gasteiger partial charge on any atom is -0.508 e. The van der Waals surface area contributed by atoms with Gasteiger partial charge in [-0.05, 0) is 18.2 Å². The molecule has 3 heteroatoms. The predicted molar refractivity (Wildman–Crippen MR) is 48.3 cm³/mol. The van der Waals surface area contributed by atoms with Crippen LogP contribution in [0.15, 0.2) is 36.5 Å². The van der Waals surface area contributed by atoms with Gasteiger partial charge in [-0.1, -0.05) is 0 Å². The van der Waals surface area contributed by atoms with Gasteiger partial charge in [0.25, 0.3) is 5.52 Å². The average molecular weight is 176 g/mol. The summed E-state index contributed by atoms with van der Waals surface area (Å²) in [7, 11) is 1.59. The third-order valence-electron chi connectivity index (χ3n) is 1.95. The second-order valence-electron chi connectivity index (χ2n) is 2.76. The van der Waals surface area contributed by atoms with Crippen LogP contribution in [0.5, 0.6) is 5.75 Å². The van der Waals surface area contributed by atoms with Crippen LogP contribution in [0.3, 0.4) is 0 Å². The van der Waals surface area contributed by atoms with E-state index in [1.165, 1.54) is 0 Å². The van der Waals surface area contributed by atoms with Crippen LogP contribution in [0.25, 0.3) is 10.9 Å². The topological polar surface area (TPSA) is 33.3 Å². The third-order valence-corrected chi connectivity index (χ3v) is 1.95. The molecule has 0 aliphatic carbocycles. The van der Waals surface area contributed by atoms with E-state index in [0.717, 1.165) is 10.9 Å². The van der Waals surface area contributed by atoms with Gasteiger partial charge in [0, 0.05) is 10.8 Å². The van der Waals surface area contributed by atoms with E-state index in [9.17, 15) is 5.11 Å². The van der Waals surface area contributed by atoms with Crippen LogP contribution in [0.2, 0.25) is 0 Å². The van der Waals surface area contributed by atoms with Crippen LogP contribution < -0.4 is 9.57 Å². The summed E-state index contributed by atoms with van der Waals surface area (Å²) in [6.45, 7) is 0. The molecule has 2 rings (SSSR count). The molecule has 1 aromatic carbocycles. The Morgan fingerprint density at radius 3 is 2.92 bits per heavy atom. The Morgan fingerprint density at radius 1 is 1.31 bits per heavy atom. The van der Waals surface area contributed by atoms with Crippen molar-refractivity contribution in [3.63, 3.8) is 0 Å². The molecule has 0 aliphatic heterocycles. The average Bonchev–Trinajstić information content (AvgIpc) is 2.17. The molecular weight excluding hydrogens is 166 g/mol. The number of benzene rings is 1. The van der Waals surface area contributed by atoms with Gasteiger partial charge in [-0.2, -0.15) is 0 Å². The van der Waals surface area contributed by atoms with Crippen LogP contribution in [-0.2, 0) is 0 Å². The van der Waals surface area contributed by atoms with E-state index < -0.39 is 0 Å². The fourth-order valence-corrected chi connectivity index (χ4v) is 1.33. The van der Waals surface area contributed by atoms with Gasteiger partial charge in [0.2, 0.25) is 6.20 Å². The van der Waals surface area contributed by atoms with E-state index in [2.05, 4.69) is 0 Å². The van der Waals surface area contributed by atoms with Crippen molar-refractivity contribution in [1.29, 1.82) is 0 Å². The maximum absolute atomic E-state index is 9.28. The van der Waals surface area contributed by atoms with E-state index in [0.29, 0.717) is 0 Å². The van der Waals surface area contributed by atoms with Crippen LogP contribution in [-0.4, -0.2) is 12.2 Å². The quantitative estimate of drug-likeness (QED) is 0.655. The molecule has 3 nitrogen and oxygen atoms in total. The van der Waals surface area contributed by atoms with Crippen molar-refractivity contribution in [1.82, 2.24) is 0 Å². The molecule has 0 bridgehead atoms. The summed E-state index contributed by atoms with van der Waals surface area (Å²) < 4.78 is 1.61. The predicted octanol–water partition coefficient (Wildman–Crippen LogP) is 0.891. The van der Waals surface area contributed by atoms with Gasteiger partial charge < -0.3 is 5.11 Å². The standard InChI is InChI=1S/C10H9NO2/c1-13-11-6-2-3-8-4-5-9(12)7-10(8)11/h2-7H,1H3/p+1. The third kappa shape index (κ3) is 1.28. The summed E-state index contributed by atoms with van der Waals surface area (Å²) in [5.74, 6) is 0.240. The first-order chi connectivity index (χ1) is 6.31. The molecule has 1 heterocycles. The number of aromatic hydroxyl groups is 1. The van der Waals surface area contributed by atoms with Gasteiger partial charge >= 0.3 is 0 Å². The summed E-state index contributed by atoms with van der Waals surface area (Å²) >= 11 is 0. The number of nitrogens with zero attached hydrogens (tertiary/aromatic N) is 1. The SMILES string of the molecule is CO[n+]1cccc2ccc(O)cc21. The van der Waals surface area contributed by atoms with Crippen LogP contribution >= 0.6 is 0 Å². The van der Waals surface area contributed by atoms with Crippen molar-refractivity contribution in [3.05, 3.63) is 36.5 Å². The Bertz CT molecular complexity index is 440. The van der Waals surface area contributed by atoms with Crippen molar-refractivity contribution >= 4 is 10.9 Å². The number of rotatable bonds is 1. The summed E-state index contributed by atoms with van der Waals surface area (Å²) in [6, 6.07) is 9.02. The zero-order valence-corrected chi connectivity index (χ0v) is 7.27. The lowest BCUT2D eigenvalue weighted by atomic mass is 10.2. The van der Waals surface area contributed by atoms with Crippen LogP contribution in [0.4, 0.5) is 0 Å². The molecule has 2 aromatic rings. The van der Waals surface area contributed by atoms with Crippen molar-refractivity contribution in [2.24, 2.45) is 0 Å². The number of hydrogen-bond acceptors (Lipinski definition) is 2. The Kier molecular flexibility index (Phi) is 1.77. The summed E-state index contributed by atoms with van der Waals surface area (Å²) in [5.41, 5.74) is 0.852. The maximum Gasteiger partial charge on any atom is 0.268 e. The normalized spacial score (nSPS) is 10.2. The number of pyridine rings is 1. The number of phenolic OH excluding ortho intramolecular Hbond substituents is 1. The number of aromatic nitrogens is 1. The fraction of sp³-hybridized carbons (Fsp3) is 0.100. The minimum atomic E-state index is 0.240. The molecule has 0 spiro atoms. The van der Waals surface area contributed by atoms with Gasteiger partial charge in [-0.25, -0.2) is 0 Å². The number of phenols is 1. The minimum absolute atomic E-state index is 0.240. The largest absolute Gasteiger partial charge is 0.508 e. The lowest BCUT2D eigenvalue weighted by Gasteiger charge is -1.96. The first-order valence-corrected chi connectivity index (χ1v) is 3.99. The Balaban J connectivity index is 2.79. The molecular formula is C10H10NO2+. The van der Waals surface area contributed by atoms with E-state index >= 15 is 0 Å². The van der Waals surface area contributed by atoms with Gasteiger partial charge in [-0.15, -0.1) is 0 Å². The lowest BCUT2D eigenvalue weighted by molar-refractivity contribution is -0.865. The number of fused-ring (bicyclic) bond motifs is 1. The molecule has 0 atom stereocenters. The molecule has 0 aliphatic rings. The van der Waals surface area contributed by atoms with Gasteiger partial charge in [-0.3, -0.25) is 4.84 Å². The van der Waals surface area contributed by atoms with Crippen molar-refractivity contribution < 1.29 is 14.7 Å².